The fraction of sp³-hybridized carbons (Fsp3) is 0.167. The van der Waals surface area contributed by atoms with E-state index < -0.39 is 5.82 Å². The van der Waals surface area contributed by atoms with E-state index >= 15 is 0 Å². The Bertz CT molecular complexity index is 235. The number of rotatable bonds is 0. The molecule has 0 unspecified atom stereocenters. The van der Waals surface area contributed by atoms with Crippen molar-refractivity contribution >= 4 is 17.4 Å². The van der Waals surface area contributed by atoms with E-state index in [0.29, 0.717) is 10.6 Å². The Labute approximate surface area is 62.8 Å². The van der Waals surface area contributed by atoms with E-state index in [0.717, 1.165) is 0 Å². The van der Waals surface area contributed by atoms with E-state index in [1.807, 2.05) is 0 Å². The molecule has 0 bridgehead atoms. The van der Waals surface area contributed by atoms with Gasteiger partial charge in [0.15, 0.2) is 11.6 Å². The molecule has 2 nitrogen and oxygen atoms in total. The highest BCUT2D eigenvalue weighted by atomic mass is 35.5. The Morgan fingerprint density at radius 3 is 2.80 bits per heavy atom. The Hall–Kier alpha value is -0.830. The highest BCUT2D eigenvalue weighted by molar-refractivity contribution is 6.31. The molecular formula is C6H6ClFN2. The number of nitrogens with two attached hydrogens (primary N) is 1. The molecule has 0 spiro atoms. The summed E-state index contributed by atoms with van der Waals surface area (Å²) in [5.74, 6) is -0.644. The lowest BCUT2D eigenvalue weighted by molar-refractivity contribution is 0.618. The second-order valence-corrected chi connectivity index (χ2v) is 2.34. The van der Waals surface area contributed by atoms with Crippen LogP contribution >= 0.6 is 11.6 Å². The molecule has 0 amide bonds. The molecule has 0 saturated carbocycles. The number of pyridine rings is 1. The first-order chi connectivity index (χ1) is 4.63. The number of aromatic nitrogens is 1. The molecule has 1 rings (SSSR count). The first-order valence-electron chi connectivity index (χ1n) is 2.69. The molecular weight excluding hydrogens is 155 g/mol. The van der Waals surface area contributed by atoms with Crippen LogP contribution in [0.5, 0.6) is 0 Å². The minimum atomic E-state index is -0.535. The molecule has 10 heavy (non-hydrogen) atoms. The fourth-order valence-corrected chi connectivity index (χ4v) is 0.708. The summed E-state index contributed by atoms with van der Waals surface area (Å²) in [5.41, 5.74) is 5.49. The van der Waals surface area contributed by atoms with Gasteiger partial charge in [0.05, 0.1) is 5.02 Å². The van der Waals surface area contributed by atoms with E-state index in [1.165, 1.54) is 6.20 Å². The molecule has 0 radical (unpaired) electrons. The fourth-order valence-electron chi connectivity index (χ4n) is 0.577. The minimum Gasteiger partial charge on any atom is -0.381 e. The zero-order chi connectivity index (χ0) is 7.72. The van der Waals surface area contributed by atoms with Crippen LogP contribution in [0.4, 0.5) is 10.2 Å². The van der Waals surface area contributed by atoms with E-state index in [2.05, 4.69) is 4.98 Å². The second-order valence-electron chi connectivity index (χ2n) is 1.93. The number of nitrogen functional groups attached to an aromatic ring is 1. The van der Waals surface area contributed by atoms with Gasteiger partial charge in [0, 0.05) is 11.8 Å². The predicted octanol–water partition coefficient (Wildman–Crippen LogP) is 1.76. The highest BCUT2D eigenvalue weighted by Gasteiger charge is 2.05. The van der Waals surface area contributed by atoms with Gasteiger partial charge in [-0.3, -0.25) is 0 Å². The Morgan fingerprint density at radius 2 is 2.30 bits per heavy atom. The molecule has 0 saturated heterocycles. The summed E-state index contributed by atoms with van der Waals surface area (Å²) in [5, 5.41) is 0.298. The van der Waals surface area contributed by atoms with Crippen molar-refractivity contribution in [1.82, 2.24) is 4.98 Å². The van der Waals surface area contributed by atoms with Crippen molar-refractivity contribution in [3.8, 4) is 0 Å². The van der Waals surface area contributed by atoms with Gasteiger partial charge in [-0.1, -0.05) is 11.6 Å². The quantitative estimate of drug-likeness (QED) is 0.628. The zero-order valence-corrected chi connectivity index (χ0v) is 6.11. The lowest BCUT2D eigenvalue weighted by Gasteiger charge is -1.99. The average Bonchev–Trinajstić information content (AvgIpc) is 1.93. The molecule has 4 heteroatoms. The van der Waals surface area contributed by atoms with Crippen LogP contribution in [0.3, 0.4) is 0 Å². The van der Waals surface area contributed by atoms with E-state index in [1.54, 1.807) is 6.92 Å². The van der Waals surface area contributed by atoms with Crippen LogP contribution < -0.4 is 5.73 Å². The van der Waals surface area contributed by atoms with Crippen molar-refractivity contribution in [2.45, 2.75) is 6.92 Å². The van der Waals surface area contributed by atoms with Crippen molar-refractivity contribution in [3.63, 3.8) is 0 Å². The van der Waals surface area contributed by atoms with Gasteiger partial charge in [-0.05, 0) is 6.92 Å². The smallest absolute Gasteiger partial charge is 0.169 e. The molecule has 0 aromatic carbocycles. The maximum Gasteiger partial charge on any atom is 0.169 e. The van der Waals surface area contributed by atoms with Gasteiger partial charge < -0.3 is 5.73 Å². The second kappa shape index (κ2) is 2.42. The molecule has 1 aromatic heterocycles. The molecule has 2 N–H and O–H groups in total. The van der Waals surface area contributed by atoms with Gasteiger partial charge in [-0.2, -0.15) is 0 Å². The SMILES string of the molecule is Cc1c(Cl)cnc(N)c1F. The van der Waals surface area contributed by atoms with Crippen molar-refractivity contribution in [1.29, 1.82) is 0 Å². The van der Waals surface area contributed by atoms with Crippen molar-refractivity contribution in [3.05, 3.63) is 22.6 Å². The maximum atomic E-state index is 12.7. The standard InChI is InChI=1S/C6H6ClFN2/c1-3-4(7)2-10-6(9)5(3)8/h2H,1H3,(H2,9,10). The van der Waals surface area contributed by atoms with E-state index in [4.69, 9.17) is 17.3 Å². The third kappa shape index (κ3) is 1.04. The molecule has 1 aromatic rings. The van der Waals surface area contributed by atoms with Gasteiger partial charge in [-0.15, -0.1) is 0 Å². The molecule has 0 fully saturated rings. The summed E-state index contributed by atoms with van der Waals surface area (Å²) in [4.78, 5) is 3.51. The minimum absolute atomic E-state index is 0.109. The first-order valence-corrected chi connectivity index (χ1v) is 3.07. The Kier molecular flexibility index (Phi) is 1.76. The Balaban J connectivity index is 3.34. The average molecular weight is 161 g/mol. The number of halogens is 2. The predicted molar refractivity (Wildman–Crippen MR) is 38.4 cm³/mol. The summed E-state index contributed by atoms with van der Waals surface area (Å²) in [6, 6.07) is 0. The maximum absolute atomic E-state index is 12.7. The van der Waals surface area contributed by atoms with Crippen molar-refractivity contribution in [2.75, 3.05) is 5.73 Å². The van der Waals surface area contributed by atoms with E-state index in [9.17, 15) is 4.39 Å². The molecule has 1 heterocycles. The number of hydrogen-bond acceptors (Lipinski definition) is 2. The van der Waals surface area contributed by atoms with Gasteiger partial charge in [0.25, 0.3) is 0 Å². The molecule has 0 aliphatic carbocycles. The van der Waals surface area contributed by atoms with Crippen LogP contribution in [-0.4, -0.2) is 4.98 Å². The molecule has 54 valence electrons. The summed E-state index contributed by atoms with van der Waals surface area (Å²) < 4.78 is 12.7. The van der Waals surface area contributed by atoms with Gasteiger partial charge in [0.2, 0.25) is 0 Å². The van der Waals surface area contributed by atoms with Gasteiger partial charge in [-0.25, -0.2) is 9.37 Å². The van der Waals surface area contributed by atoms with E-state index in [-0.39, 0.29) is 5.82 Å². The summed E-state index contributed by atoms with van der Waals surface area (Å²) in [6.07, 6.45) is 1.33. The summed E-state index contributed by atoms with van der Waals surface area (Å²) >= 11 is 5.53. The normalized spacial score (nSPS) is 9.90. The lowest BCUT2D eigenvalue weighted by Crippen LogP contribution is -1.96. The third-order valence-electron chi connectivity index (χ3n) is 1.23. The van der Waals surface area contributed by atoms with Crippen LogP contribution in [0, 0.1) is 12.7 Å². The van der Waals surface area contributed by atoms with Crippen molar-refractivity contribution < 1.29 is 4.39 Å². The van der Waals surface area contributed by atoms with Crippen LogP contribution in [0.2, 0.25) is 5.02 Å². The van der Waals surface area contributed by atoms with Crippen LogP contribution in [0.25, 0.3) is 0 Å². The van der Waals surface area contributed by atoms with Crippen LogP contribution in [0.1, 0.15) is 5.56 Å². The van der Waals surface area contributed by atoms with Gasteiger partial charge >= 0.3 is 0 Å². The van der Waals surface area contributed by atoms with Crippen LogP contribution in [-0.2, 0) is 0 Å². The number of anilines is 1. The summed E-state index contributed by atoms with van der Waals surface area (Å²) in [6.45, 7) is 1.55. The monoisotopic (exact) mass is 160 g/mol. The topological polar surface area (TPSA) is 38.9 Å². The largest absolute Gasteiger partial charge is 0.381 e. The lowest BCUT2D eigenvalue weighted by atomic mass is 10.3. The number of nitrogens with zero attached hydrogens (tertiary/aromatic N) is 1. The van der Waals surface area contributed by atoms with Crippen molar-refractivity contribution in [2.24, 2.45) is 0 Å². The first kappa shape index (κ1) is 7.28. The Morgan fingerprint density at radius 1 is 1.70 bits per heavy atom. The molecule has 0 atom stereocenters. The zero-order valence-electron chi connectivity index (χ0n) is 5.36. The third-order valence-corrected chi connectivity index (χ3v) is 1.61. The summed E-state index contributed by atoms with van der Waals surface area (Å²) in [7, 11) is 0. The van der Waals surface area contributed by atoms with Gasteiger partial charge in [0.1, 0.15) is 0 Å². The highest BCUT2D eigenvalue weighted by Crippen LogP contribution is 2.19. The number of hydrogen-bond donors (Lipinski definition) is 1. The molecule has 0 aliphatic heterocycles. The molecule has 0 aliphatic rings. The van der Waals surface area contributed by atoms with Crippen LogP contribution in [0.15, 0.2) is 6.20 Å².